The molecule has 0 radical (unpaired) electrons. The van der Waals surface area contributed by atoms with Crippen molar-refractivity contribution >= 4 is 35.4 Å². The monoisotopic (exact) mass is 420 g/mol. The predicted molar refractivity (Wildman–Crippen MR) is 108 cm³/mol. The molecule has 1 N–H and O–H groups in total. The number of aryl methyl sites for hydroxylation is 2. The number of thiazole rings is 1. The number of H-pyrrole nitrogens is 1. The predicted octanol–water partition coefficient (Wildman–Crippen LogP) is -0.719. The van der Waals surface area contributed by atoms with Crippen molar-refractivity contribution in [2.45, 2.75) is 27.3 Å². The number of morpholine rings is 1. The smallest absolute Gasteiger partial charge is 0.333 e. The van der Waals surface area contributed by atoms with E-state index in [1.165, 1.54) is 10.6 Å². The Morgan fingerprint density at radius 1 is 1.31 bits per heavy atom. The number of hydrogen-bond acceptors (Lipinski definition) is 7. The molecule has 3 heterocycles. The Bertz CT molecular complexity index is 1060. The summed E-state index contributed by atoms with van der Waals surface area (Å²) >= 11 is 1.15. The largest absolute Gasteiger partial charge is 0.463 e. The van der Waals surface area contributed by atoms with Gasteiger partial charge in [0.25, 0.3) is 5.56 Å². The van der Waals surface area contributed by atoms with E-state index in [1.54, 1.807) is 17.9 Å². The number of carbonyl (C=O) groups is 2. The van der Waals surface area contributed by atoms with Crippen molar-refractivity contribution in [2.75, 3.05) is 32.9 Å². The van der Waals surface area contributed by atoms with Crippen LogP contribution in [0.25, 0.3) is 12.2 Å². The molecule has 2 aromatic heterocycles. The van der Waals surface area contributed by atoms with Crippen LogP contribution >= 0.6 is 11.3 Å². The third kappa shape index (κ3) is 4.83. The van der Waals surface area contributed by atoms with Crippen molar-refractivity contribution in [1.29, 1.82) is 0 Å². The minimum Gasteiger partial charge on any atom is -0.463 e. The summed E-state index contributed by atoms with van der Waals surface area (Å²) in [7, 11) is 0. The Labute approximate surface area is 171 Å². The fraction of sp³-hybridized carbons (Fsp3) is 0.474. The molecule has 0 saturated carbocycles. The normalized spacial score (nSPS) is 15.8. The van der Waals surface area contributed by atoms with Crippen molar-refractivity contribution in [1.82, 2.24) is 19.7 Å². The van der Waals surface area contributed by atoms with Crippen LogP contribution in [0, 0.1) is 13.8 Å². The van der Waals surface area contributed by atoms with E-state index in [0.29, 0.717) is 35.5 Å². The van der Waals surface area contributed by atoms with Crippen molar-refractivity contribution < 1.29 is 19.1 Å². The van der Waals surface area contributed by atoms with Crippen LogP contribution in [0.15, 0.2) is 4.79 Å². The fourth-order valence-corrected chi connectivity index (χ4v) is 4.04. The molecular weight excluding hydrogens is 396 g/mol. The van der Waals surface area contributed by atoms with Crippen LogP contribution in [0.2, 0.25) is 0 Å². The molecule has 3 rings (SSSR count). The van der Waals surface area contributed by atoms with Gasteiger partial charge >= 0.3 is 5.97 Å². The Hall–Kier alpha value is -2.72. The topological polar surface area (TPSA) is 107 Å². The van der Waals surface area contributed by atoms with Gasteiger partial charge in [-0.3, -0.25) is 19.3 Å². The number of nitrogens with zero attached hydrogens (tertiary/aromatic N) is 3. The Morgan fingerprint density at radius 3 is 2.66 bits per heavy atom. The van der Waals surface area contributed by atoms with Crippen LogP contribution in [0.5, 0.6) is 0 Å². The quantitative estimate of drug-likeness (QED) is 0.640. The molecule has 1 aliphatic rings. The van der Waals surface area contributed by atoms with E-state index in [0.717, 1.165) is 28.3 Å². The van der Waals surface area contributed by atoms with Crippen molar-refractivity contribution in [2.24, 2.45) is 0 Å². The second-order valence-electron chi connectivity index (χ2n) is 6.58. The van der Waals surface area contributed by atoms with E-state index in [2.05, 4.69) is 10.2 Å². The van der Waals surface area contributed by atoms with Crippen LogP contribution in [0.1, 0.15) is 23.9 Å². The summed E-state index contributed by atoms with van der Waals surface area (Å²) in [6, 6.07) is 0. The lowest BCUT2D eigenvalue weighted by Gasteiger charge is -2.26. The zero-order chi connectivity index (χ0) is 21.0. The highest BCUT2D eigenvalue weighted by Crippen LogP contribution is 2.09. The summed E-state index contributed by atoms with van der Waals surface area (Å²) in [5, 5.41) is 7.02. The SMILES string of the molecule is CCOC(=O)/C=c1\s/c(=C\c2c(C)n[nH]c2C)c(=O)n1CC(=O)N1CCOCC1. The molecular formula is C19H24N4O5S. The second-order valence-corrected chi connectivity index (χ2v) is 7.64. The molecule has 0 unspecified atom stereocenters. The van der Waals surface area contributed by atoms with Gasteiger partial charge in [-0.1, -0.05) is 0 Å². The first-order valence-electron chi connectivity index (χ1n) is 9.37. The maximum atomic E-state index is 13.0. The Balaban J connectivity index is 2.05. The number of nitrogens with one attached hydrogen (secondary N) is 1. The molecule has 156 valence electrons. The van der Waals surface area contributed by atoms with E-state index < -0.39 is 5.97 Å². The zero-order valence-corrected chi connectivity index (χ0v) is 17.5. The van der Waals surface area contributed by atoms with E-state index in [9.17, 15) is 14.4 Å². The van der Waals surface area contributed by atoms with Gasteiger partial charge < -0.3 is 14.4 Å². The van der Waals surface area contributed by atoms with Crippen LogP contribution in [0.3, 0.4) is 0 Å². The number of esters is 1. The minimum absolute atomic E-state index is 0.141. The number of rotatable bonds is 5. The average molecular weight is 420 g/mol. The highest BCUT2D eigenvalue weighted by Gasteiger charge is 2.19. The average Bonchev–Trinajstić information content (AvgIpc) is 3.17. The maximum Gasteiger partial charge on any atom is 0.333 e. The van der Waals surface area contributed by atoms with Gasteiger partial charge in [-0.05, 0) is 26.8 Å². The van der Waals surface area contributed by atoms with Crippen LogP contribution in [-0.2, 0) is 25.6 Å². The van der Waals surface area contributed by atoms with Gasteiger partial charge in [0.05, 0.1) is 36.1 Å². The molecule has 1 amide bonds. The molecule has 1 fully saturated rings. The molecule has 9 nitrogen and oxygen atoms in total. The number of amides is 1. The van der Waals surface area contributed by atoms with Crippen LogP contribution < -0.4 is 14.8 Å². The zero-order valence-electron chi connectivity index (χ0n) is 16.7. The summed E-state index contributed by atoms with van der Waals surface area (Å²) < 4.78 is 12.4. The molecule has 0 atom stereocenters. The lowest BCUT2D eigenvalue weighted by atomic mass is 10.2. The fourth-order valence-electron chi connectivity index (χ4n) is 3.03. The van der Waals surface area contributed by atoms with Gasteiger partial charge in [0.2, 0.25) is 5.91 Å². The van der Waals surface area contributed by atoms with Gasteiger partial charge in [0.15, 0.2) is 0 Å². The molecule has 10 heteroatoms. The molecule has 29 heavy (non-hydrogen) atoms. The molecule has 2 aromatic rings. The maximum absolute atomic E-state index is 13.0. The first kappa shape index (κ1) is 21.0. The lowest BCUT2D eigenvalue weighted by molar-refractivity contribution is -0.136. The van der Waals surface area contributed by atoms with Gasteiger partial charge in [-0.25, -0.2) is 4.79 Å². The molecule has 0 aromatic carbocycles. The van der Waals surface area contributed by atoms with E-state index in [-0.39, 0.29) is 24.6 Å². The summed E-state index contributed by atoms with van der Waals surface area (Å²) in [6.07, 6.45) is 2.99. The van der Waals surface area contributed by atoms with Gasteiger partial charge in [0, 0.05) is 24.3 Å². The van der Waals surface area contributed by atoms with Gasteiger partial charge in [0.1, 0.15) is 11.2 Å². The van der Waals surface area contributed by atoms with Crippen LogP contribution in [0.4, 0.5) is 0 Å². The third-order valence-electron chi connectivity index (χ3n) is 4.58. The van der Waals surface area contributed by atoms with Crippen molar-refractivity contribution in [3.63, 3.8) is 0 Å². The van der Waals surface area contributed by atoms with E-state index in [4.69, 9.17) is 9.47 Å². The lowest BCUT2D eigenvalue weighted by Crippen LogP contribution is -2.45. The highest BCUT2D eigenvalue weighted by molar-refractivity contribution is 7.07. The molecule has 0 aliphatic carbocycles. The van der Waals surface area contributed by atoms with E-state index in [1.807, 2.05) is 13.8 Å². The van der Waals surface area contributed by atoms with Gasteiger partial charge in [-0.15, -0.1) is 11.3 Å². The number of aromatic amines is 1. The van der Waals surface area contributed by atoms with Crippen molar-refractivity contribution in [3.8, 4) is 0 Å². The van der Waals surface area contributed by atoms with Crippen LogP contribution in [-0.4, -0.2) is 64.5 Å². The number of aromatic nitrogens is 3. The third-order valence-corrected chi connectivity index (χ3v) is 5.64. The molecule has 0 bridgehead atoms. The summed E-state index contributed by atoms with van der Waals surface area (Å²) in [5.74, 6) is -0.738. The molecule has 1 aliphatic heterocycles. The van der Waals surface area contributed by atoms with E-state index >= 15 is 0 Å². The standard InChI is InChI=1S/C19H24N4O5S/c1-4-28-18(25)10-17-23(11-16(24)22-5-7-27-8-6-22)19(26)15(29-17)9-14-12(2)20-21-13(14)3/h9-10H,4-8,11H2,1-3H3,(H,20,21)/b15-9-,17-10-. The summed E-state index contributed by atoms with van der Waals surface area (Å²) in [5.41, 5.74) is 2.09. The highest BCUT2D eigenvalue weighted by atomic mass is 32.1. The Kier molecular flexibility index (Phi) is 6.65. The summed E-state index contributed by atoms with van der Waals surface area (Å²) in [4.78, 5) is 39.4. The van der Waals surface area contributed by atoms with Gasteiger partial charge in [-0.2, -0.15) is 5.10 Å². The number of carbonyl (C=O) groups excluding carboxylic acids is 2. The minimum atomic E-state index is -0.552. The molecule has 1 saturated heterocycles. The number of ether oxygens (including phenoxy) is 2. The second kappa shape index (κ2) is 9.19. The van der Waals surface area contributed by atoms with Crippen molar-refractivity contribution in [3.05, 3.63) is 36.5 Å². The molecule has 0 spiro atoms. The first-order valence-corrected chi connectivity index (χ1v) is 10.2. The summed E-state index contributed by atoms with van der Waals surface area (Å²) in [6.45, 7) is 7.43. The Morgan fingerprint density at radius 2 is 2.03 bits per heavy atom. The first-order chi connectivity index (χ1) is 13.9. The number of hydrogen-bond donors (Lipinski definition) is 1.